The summed E-state index contributed by atoms with van der Waals surface area (Å²) in [5, 5.41) is 0. The third kappa shape index (κ3) is 4.23. The third-order valence-corrected chi connectivity index (χ3v) is 5.22. The first kappa shape index (κ1) is 22.3. The Balaban J connectivity index is 1.85. The maximum Gasteiger partial charge on any atom is 0.416 e. The zero-order chi connectivity index (χ0) is 23.8. The van der Waals surface area contributed by atoms with Gasteiger partial charge in [0.05, 0.1) is 36.8 Å². The number of benzene rings is 2. The highest BCUT2D eigenvalue weighted by molar-refractivity contribution is 6.00. The Morgan fingerprint density at radius 3 is 2.18 bits per heavy atom. The number of ether oxygens (including phenoxy) is 4. The largest absolute Gasteiger partial charge is 0.466 e. The molecule has 2 heterocycles. The van der Waals surface area contributed by atoms with Gasteiger partial charge in [-0.05, 0) is 35.9 Å². The number of alkyl halides is 3. The predicted molar refractivity (Wildman–Crippen MR) is 109 cm³/mol. The first-order valence-electron chi connectivity index (χ1n) is 9.68. The monoisotopic (exact) mass is 461 g/mol. The van der Waals surface area contributed by atoms with E-state index in [1.54, 1.807) is 18.2 Å². The van der Waals surface area contributed by atoms with Gasteiger partial charge in [-0.1, -0.05) is 12.1 Å². The van der Waals surface area contributed by atoms with Crippen molar-refractivity contribution in [3.8, 4) is 11.5 Å². The summed E-state index contributed by atoms with van der Waals surface area (Å²) >= 11 is 0. The second kappa shape index (κ2) is 8.53. The van der Waals surface area contributed by atoms with E-state index < -0.39 is 29.6 Å². The number of hydrogen-bond acceptors (Lipinski definition) is 7. The van der Waals surface area contributed by atoms with Crippen LogP contribution in [0.1, 0.15) is 17.0 Å². The molecule has 0 unspecified atom stereocenters. The van der Waals surface area contributed by atoms with Crippen LogP contribution >= 0.6 is 0 Å². The SMILES string of the molecule is COC(=O)C1=CN(c2cccc(C(F)(F)F)c2)C=C(C(=O)OC)C1c1ccc2c(c1)OCO2. The first-order chi connectivity index (χ1) is 15.7. The van der Waals surface area contributed by atoms with E-state index >= 15 is 0 Å². The van der Waals surface area contributed by atoms with Gasteiger partial charge in [-0.25, -0.2) is 9.59 Å². The van der Waals surface area contributed by atoms with E-state index in [4.69, 9.17) is 18.9 Å². The molecule has 0 radical (unpaired) electrons. The lowest BCUT2D eigenvalue weighted by molar-refractivity contribution is -0.138. The molecule has 7 nitrogen and oxygen atoms in total. The molecule has 0 spiro atoms. The molecule has 172 valence electrons. The second-order valence-corrected chi connectivity index (χ2v) is 7.15. The van der Waals surface area contributed by atoms with Gasteiger partial charge in [0, 0.05) is 18.1 Å². The van der Waals surface area contributed by atoms with Crippen molar-refractivity contribution in [1.29, 1.82) is 0 Å². The van der Waals surface area contributed by atoms with Gasteiger partial charge in [0.2, 0.25) is 6.79 Å². The molecule has 0 saturated carbocycles. The molecule has 2 aliphatic rings. The summed E-state index contributed by atoms with van der Waals surface area (Å²) in [5.41, 5.74) is -0.222. The summed E-state index contributed by atoms with van der Waals surface area (Å²) in [7, 11) is 2.34. The zero-order valence-corrected chi connectivity index (χ0v) is 17.5. The zero-order valence-electron chi connectivity index (χ0n) is 17.5. The minimum atomic E-state index is -4.56. The van der Waals surface area contributed by atoms with Crippen molar-refractivity contribution in [2.45, 2.75) is 12.1 Å². The summed E-state index contributed by atoms with van der Waals surface area (Å²) in [6, 6.07) is 9.43. The minimum absolute atomic E-state index is 0.0247. The molecule has 33 heavy (non-hydrogen) atoms. The lowest BCUT2D eigenvalue weighted by Gasteiger charge is -2.30. The van der Waals surface area contributed by atoms with Crippen LogP contribution in [0.25, 0.3) is 0 Å². The Labute approximate surface area is 186 Å². The molecule has 0 atom stereocenters. The highest BCUT2D eigenvalue weighted by atomic mass is 19.4. The molecule has 0 saturated heterocycles. The molecule has 2 aromatic carbocycles. The van der Waals surface area contributed by atoms with Crippen molar-refractivity contribution < 1.29 is 41.7 Å². The molecule has 10 heteroatoms. The minimum Gasteiger partial charge on any atom is -0.466 e. The van der Waals surface area contributed by atoms with E-state index in [0.29, 0.717) is 17.1 Å². The van der Waals surface area contributed by atoms with Gasteiger partial charge in [-0.2, -0.15) is 13.2 Å². The predicted octanol–water partition coefficient (Wildman–Crippen LogP) is 4.15. The van der Waals surface area contributed by atoms with E-state index in [1.165, 1.54) is 43.7 Å². The summed E-state index contributed by atoms with van der Waals surface area (Å²) in [6.07, 6.45) is -1.89. The van der Waals surface area contributed by atoms with Crippen molar-refractivity contribution in [2.24, 2.45) is 0 Å². The highest BCUT2D eigenvalue weighted by Gasteiger charge is 2.37. The summed E-state index contributed by atoms with van der Waals surface area (Å²) in [5.74, 6) is -1.50. The molecule has 0 fully saturated rings. The van der Waals surface area contributed by atoms with Gasteiger partial charge in [-0.15, -0.1) is 0 Å². The van der Waals surface area contributed by atoms with E-state index in [0.717, 1.165) is 12.1 Å². The second-order valence-electron chi connectivity index (χ2n) is 7.15. The van der Waals surface area contributed by atoms with Crippen LogP contribution in [0.3, 0.4) is 0 Å². The topological polar surface area (TPSA) is 74.3 Å². The number of esters is 2. The number of carbonyl (C=O) groups is 2. The Hall–Kier alpha value is -3.95. The fourth-order valence-electron chi connectivity index (χ4n) is 3.67. The van der Waals surface area contributed by atoms with Crippen molar-refractivity contribution in [3.63, 3.8) is 0 Å². The van der Waals surface area contributed by atoms with Crippen LogP contribution < -0.4 is 14.4 Å². The molecule has 2 aliphatic heterocycles. The standard InChI is InChI=1S/C23H18F3NO6/c1-30-21(28)16-10-27(15-5-3-4-14(9-15)23(24,25)26)11-17(22(29)31-2)20(16)13-6-7-18-19(8-13)33-12-32-18/h3-11,20H,12H2,1-2H3. The third-order valence-electron chi connectivity index (χ3n) is 5.22. The van der Waals surface area contributed by atoms with Gasteiger partial charge in [-0.3, -0.25) is 0 Å². The number of anilines is 1. The van der Waals surface area contributed by atoms with E-state index in [9.17, 15) is 22.8 Å². The van der Waals surface area contributed by atoms with Gasteiger partial charge in [0.15, 0.2) is 11.5 Å². The van der Waals surface area contributed by atoms with E-state index in [2.05, 4.69) is 0 Å². The summed E-state index contributed by atoms with van der Waals surface area (Å²) < 4.78 is 60.2. The molecular formula is C23H18F3NO6. The maximum absolute atomic E-state index is 13.2. The average molecular weight is 461 g/mol. The van der Waals surface area contributed by atoms with Crippen molar-refractivity contribution in [1.82, 2.24) is 0 Å². The Morgan fingerprint density at radius 2 is 1.58 bits per heavy atom. The Kier molecular flexibility index (Phi) is 5.75. The highest BCUT2D eigenvalue weighted by Crippen LogP contribution is 2.42. The fraction of sp³-hybridized carbons (Fsp3) is 0.217. The molecule has 0 aromatic heterocycles. The lowest BCUT2D eigenvalue weighted by atomic mass is 9.83. The normalized spacial score (nSPS) is 15.6. The Morgan fingerprint density at radius 1 is 0.939 bits per heavy atom. The van der Waals surface area contributed by atoms with Crippen molar-refractivity contribution >= 4 is 17.6 Å². The van der Waals surface area contributed by atoms with Crippen molar-refractivity contribution in [3.05, 3.63) is 77.1 Å². The number of halogens is 3. The number of carbonyl (C=O) groups excluding carboxylic acids is 2. The van der Waals surface area contributed by atoms with Crippen LogP contribution in [0.2, 0.25) is 0 Å². The first-order valence-corrected chi connectivity index (χ1v) is 9.68. The molecular weight excluding hydrogens is 443 g/mol. The van der Waals surface area contributed by atoms with Crippen LogP contribution in [0.15, 0.2) is 66.0 Å². The van der Waals surface area contributed by atoms with E-state index in [1.807, 2.05) is 0 Å². The molecule has 0 aliphatic carbocycles. The smallest absolute Gasteiger partial charge is 0.416 e. The molecule has 0 amide bonds. The van der Waals surface area contributed by atoms with Crippen LogP contribution in [0.4, 0.5) is 18.9 Å². The molecule has 2 aromatic rings. The summed E-state index contributed by atoms with van der Waals surface area (Å²) in [4.78, 5) is 26.7. The van der Waals surface area contributed by atoms with Crippen molar-refractivity contribution in [2.75, 3.05) is 25.9 Å². The van der Waals surface area contributed by atoms with Crippen LogP contribution in [-0.4, -0.2) is 33.0 Å². The summed E-state index contributed by atoms with van der Waals surface area (Å²) in [6.45, 7) is 0.0339. The van der Waals surface area contributed by atoms with Gasteiger partial charge < -0.3 is 23.8 Å². The molecule has 0 N–H and O–H groups in total. The lowest BCUT2D eigenvalue weighted by Crippen LogP contribution is -2.28. The molecule has 0 bridgehead atoms. The number of hydrogen-bond donors (Lipinski definition) is 0. The molecule has 4 rings (SSSR count). The number of nitrogens with zero attached hydrogens (tertiary/aromatic N) is 1. The van der Waals surface area contributed by atoms with Crippen LogP contribution in [0, 0.1) is 0 Å². The number of methoxy groups -OCH3 is 2. The maximum atomic E-state index is 13.2. The average Bonchev–Trinajstić information content (AvgIpc) is 3.29. The number of rotatable bonds is 4. The van der Waals surface area contributed by atoms with Crippen LogP contribution in [-0.2, 0) is 25.2 Å². The van der Waals surface area contributed by atoms with Crippen LogP contribution in [0.5, 0.6) is 11.5 Å². The van der Waals surface area contributed by atoms with E-state index in [-0.39, 0.29) is 23.6 Å². The Bertz CT molecular complexity index is 1140. The number of fused-ring (bicyclic) bond motifs is 1. The van der Waals surface area contributed by atoms with Gasteiger partial charge in [0.25, 0.3) is 0 Å². The van der Waals surface area contributed by atoms with Gasteiger partial charge in [0.1, 0.15) is 0 Å². The fourth-order valence-corrected chi connectivity index (χ4v) is 3.67. The van der Waals surface area contributed by atoms with Gasteiger partial charge >= 0.3 is 18.1 Å². The quantitative estimate of drug-likeness (QED) is 0.634.